The molecule has 2 aromatic rings. The zero-order valence-electron chi connectivity index (χ0n) is 14.2. The molecule has 1 heterocycles. The molecule has 0 bridgehead atoms. The molecule has 5 nitrogen and oxygen atoms in total. The fourth-order valence-corrected chi connectivity index (χ4v) is 2.92. The molecular formula is C18H23BrN4O. The molecule has 0 aliphatic heterocycles. The average molecular weight is 391 g/mol. The van der Waals surface area contributed by atoms with Crippen LogP contribution in [0.3, 0.4) is 0 Å². The number of rotatable bonds is 5. The highest BCUT2D eigenvalue weighted by Crippen LogP contribution is 2.40. The van der Waals surface area contributed by atoms with E-state index in [1.165, 1.54) is 5.56 Å². The average Bonchev–Trinajstić information content (AvgIpc) is 3.16. The summed E-state index contributed by atoms with van der Waals surface area (Å²) in [4.78, 5) is 4.29. The van der Waals surface area contributed by atoms with Crippen LogP contribution in [0, 0.1) is 0 Å². The SMILES string of the molecule is CN=C(NCc1cc(C(C)C)no1)NC1CC1c1ccc(Br)cc1. The van der Waals surface area contributed by atoms with Crippen molar-refractivity contribution in [1.29, 1.82) is 0 Å². The van der Waals surface area contributed by atoms with Crippen LogP contribution in [0.4, 0.5) is 0 Å². The van der Waals surface area contributed by atoms with Crippen molar-refractivity contribution in [2.24, 2.45) is 4.99 Å². The second-order valence-corrected chi connectivity index (χ2v) is 7.36. The molecule has 0 radical (unpaired) electrons. The molecule has 24 heavy (non-hydrogen) atoms. The first-order chi connectivity index (χ1) is 11.6. The normalized spacial score (nSPS) is 20.3. The Morgan fingerprint density at radius 1 is 1.38 bits per heavy atom. The van der Waals surface area contributed by atoms with Crippen LogP contribution in [0.5, 0.6) is 0 Å². The van der Waals surface area contributed by atoms with E-state index in [9.17, 15) is 0 Å². The lowest BCUT2D eigenvalue weighted by atomic mass is 10.1. The monoisotopic (exact) mass is 390 g/mol. The maximum atomic E-state index is 5.34. The Kier molecular flexibility index (Phi) is 5.23. The highest BCUT2D eigenvalue weighted by atomic mass is 79.9. The van der Waals surface area contributed by atoms with Crippen LogP contribution in [0.25, 0.3) is 0 Å². The van der Waals surface area contributed by atoms with Gasteiger partial charge in [-0.25, -0.2) is 0 Å². The van der Waals surface area contributed by atoms with Crippen molar-refractivity contribution in [1.82, 2.24) is 15.8 Å². The van der Waals surface area contributed by atoms with Crippen LogP contribution < -0.4 is 10.6 Å². The van der Waals surface area contributed by atoms with Crippen molar-refractivity contribution >= 4 is 21.9 Å². The van der Waals surface area contributed by atoms with E-state index in [0.29, 0.717) is 24.4 Å². The van der Waals surface area contributed by atoms with E-state index in [1.54, 1.807) is 7.05 Å². The number of benzene rings is 1. The van der Waals surface area contributed by atoms with Gasteiger partial charge in [0.25, 0.3) is 0 Å². The highest BCUT2D eigenvalue weighted by molar-refractivity contribution is 9.10. The van der Waals surface area contributed by atoms with Gasteiger partial charge < -0.3 is 15.2 Å². The molecule has 0 saturated heterocycles. The van der Waals surface area contributed by atoms with E-state index in [1.807, 2.05) is 6.07 Å². The van der Waals surface area contributed by atoms with Crippen molar-refractivity contribution < 1.29 is 4.52 Å². The molecule has 2 N–H and O–H groups in total. The van der Waals surface area contributed by atoms with Gasteiger partial charge in [0.2, 0.25) is 0 Å². The van der Waals surface area contributed by atoms with Crippen LogP contribution in [0.1, 0.15) is 49.1 Å². The summed E-state index contributed by atoms with van der Waals surface area (Å²) in [5.74, 6) is 2.54. The Morgan fingerprint density at radius 3 is 2.75 bits per heavy atom. The van der Waals surface area contributed by atoms with E-state index < -0.39 is 0 Å². The summed E-state index contributed by atoms with van der Waals surface area (Å²) in [6.07, 6.45) is 1.13. The van der Waals surface area contributed by atoms with Crippen LogP contribution in [-0.4, -0.2) is 24.2 Å². The van der Waals surface area contributed by atoms with E-state index in [2.05, 4.69) is 74.8 Å². The molecule has 1 aromatic carbocycles. The second kappa shape index (κ2) is 7.38. The number of halogens is 1. The molecule has 1 fully saturated rings. The summed E-state index contributed by atoms with van der Waals surface area (Å²) < 4.78 is 6.46. The van der Waals surface area contributed by atoms with Crippen molar-refractivity contribution in [2.45, 2.75) is 44.7 Å². The highest BCUT2D eigenvalue weighted by Gasteiger charge is 2.38. The van der Waals surface area contributed by atoms with Crippen molar-refractivity contribution in [3.05, 3.63) is 51.8 Å². The third kappa shape index (κ3) is 4.17. The number of nitrogens with one attached hydrogen (secondary N) is 2. The van der Waals surface area contributed by atoms with Gasteiger partial charge in [-0.05, 0) is 30.0 Å². The third-order valence-corrected chi connectivity index (χ3v) is 4.76. The summed E-state index contributed by atoms with van der Waals surface area (Å²) in [7, 11) is 1.78. The van der Waals surface area contributed by atoms with Crippen LogP contribution in [0.2, 0.25) is 0 Å². The second-order valence-electron chi connectivity index (χ2n) is 6.44. The largest absolute Gasteiger partial charge is 0.359 e. The summed E-state index contributed by atoms with van der Waals surface area (Å²) >= 11 is 3.48. The predicted molar refractivity (Wildman–Crippen MR) is 99.2 cm³/mol. The minimum Gasteiger partial charge on any atom is -0.359 e. The number of aromatic nitrogens is 1. The molecule has 0 amide bonds. The fraction of sp³-hybridized carbons (Fsp3) is 0.444. The van der Waals surface area contributed by atoms with Gasteiger partial charge in [-0.15, -0.1) is 0 Å². The first-order valence-corrected chi connectivity index (χ1v) is 9.04. The summed E-state index contributed by atoms with van der Waals surface area (Å²) in [6, 6.07) is 11.0. The molecule has 1 saturated carbocycles. The molecule has 128 valence electrons. The molecule has 1 aliphatic rings. The van der Waals surface area contributed by atoms with Gasteiger partial charge >= 0.3 is 0 Å². The number of hydrogen-bond donors (Lipinski definition) is 2. The number of aliphatic imine (C=N–C) groups is 1. The number of guanidine groups is 1. The van der Waals surface area contributed by atoms with Crippen molar-refractivity contribution in [3.63, 3.8) is 0 Å². The Hall–Kier alpha value is -1.82. The van der Waals surface area contributed by atoms with Gasteiger partial charge in [0.05, 0.1) is 12.2 Å². The molecule has 1 aliphatic carbocycles. The Balaban J connectivity index is 1.50. The fourth-order valence-electron chi connectivity index (χ4n) is 2.66. The van der Waals surface area contributed by atoms with Crippen LogP contribution >= 0.6 is 15.9 Å². The maximum absolute atomic E-state index is 5.34. The van der Waals surface area contributed by atoms with Crippen LogP contribution in [-0.2, 0) is 6.54 Å². The van der Waals surface area contributed by atoms with E-state index in [-0.39, 0.29) is 0 Å². The lowest BCUT2D eigenvalue weighted by molar-refractivity contribution is 0.372. The van der Waals surface area contributed by atoms with Gasteiger partial charge in [-0.3, -0.25) is 4.99 Å². The smallest absolute Gasteiger partial charge is 0.191 e. The molecule has 6 heteroatoms. The molecule has 2 unspecified atom stereocenters. The first-order valence-electron chi connectivity index (χ1n) is 8.25. The zero-order valence-corrected chi connectivity index (χ0v) is 15.8. The molecule has 2 atom stereocenters. The maximum Gasteiger partial charge on any atom is 0.191 e. The summed E-state index contributed by atoms with van der Waals surface area (Å²) in [6.45, 7) is 4.78. The molecule has 0 spiro atoms. The predicted octanol–water partition coefficient (Wildman–Crippen LogP) is 3.78. The lowest BCUT2D eigenvalue weighted by Gasteiger charge is -2.10. The quantitative estimate of drug-likeness (QED) is 0.602. The zero-order chi connectivity index (χ0) is 17.1. The van der Waals surface area contributed by atoms with Crippen LogP contribution in [0.15, 0.2) is 44.3 Å². The first kappa shape index (κ1) is 17.0. The third-order valence-electron chi connectivity index (χ3n) is 4.23. The minimum absolute atomic E-state index is 0.373. The lowest BCUT2D eigenvalue weighted by Crippen LogP contribution is -2.38. The summed E-state index contributed by atoms with van der Waals surface area (Å²) in [5.41, 5.74) is 2.34. The number of hydrogen-bond acceptors (Lipinski definition) is 3. The van der Waals surface area contributed by atoms with Gasteiger partial charge in [-0.2, -0.15) is 0 Å². The minimum atomic E-state index is 0.373. The Morgan fingerprint density at radius 2 is 2.12 bits per heavy atom. The van der Waals surface area contributed by atoms with E-state index in [0.717, 1.165) is 28.3 Å². The molecule has 1 aromatic heterocycles. The van der Waals surface area contributed by atoms with Gasteiger partial charge in [0.1, 0.15) is 0 Å². The Labute approximate surface area is 151 Å². The standard InChI is InChI=1S/C18H23BrN4O/c1-11(2)16-8-14(24-23-16)10-21-18(20-3)22-17-9-15(17)12-4-6-13(19)7-5-12/h4-8,11,15,17H,9-10H2,1-3H3,(H2,20,21,22). The topological polar surface area (TPSA) is 62.5 Å². The van der Waals surface area contributed by atoms with Gasteiger partial charge in [0, 0.05) is 29.5 Å². The van der Waals surface area contributed by atoms with E-state index in [4.69, 9.17) is 4.52 Å². The van der Waals surface area contributed by atoms with Crippen molar-refractivity contribution in [2.75, 3.05) is 7.05 Å². The number of nitrogens with zero attached hydrogens (tertiary/aromatic N) is 2. The van der Waals surface area contributed by atoms with Gasteiger partial charge in [-0.1, -0.05) is 47.1 Å². The summed E-state index contributed by atoms with van der Waals surface area (Å²) in [5, 5.41) is 10.8. The van der Waals surface area contributed by atoms with Crippen molar-refractivity contribution in [3.8, 4) is 0 Å². The van der Waals surface area contributed by atoms with Gasteiger partial charge in [0.15, 0.2) is 11.7 Å². The molecule has 3 rings (SSSR count). The van der Waals surface area contributed by atoms with E-state index >= 15 is 0 Å². The Bertz CT molecular complexity index is 708. The molecular weight excluding hydrogens is 368 g/mol.